The van der Waals surface area contributed by atoms with Crippen molar-refractivity contribution >= 4 is 5.82 Å². The van der Waals surface area contributed by atoms with Gasteiger partial charge in [0, 0.05) is 0 Å². The fourth-order valence-electron chi connectivity index (χ4n) is 1.53. The van der Waals surface area contributed by atoms with Crippen LogP contribution in [0.2, 0.25) is 0 Å². The third-order valence-corrected chi connectivity index (χ3v) is 2.64. The molecule has 0 fully saturated rings. The molecule has 0 aliphatic carbocycles. The summed E-state index contributed by atoms with van der Waals surface area (Å²) in [5.41, 5.74) is 5.52. The number of nitrogens with zero attached hydrogens (tertiary/aromatic N) is 2. The third-order valence-electron chi connectivity index (χ3n) is 2.64. The first-order valence-corrected chi connectivity index (χ1v) is 5.96. The van der Waals surface area contributed by atoms with E-state index < -0.39 is 0 Å². The highest BCUT2D eigenvalue weighted by Crippen LogP contribution is 2.15. The zero-order valence-corrected chi connectivity index (χ0v) is 10.1. The molecule has 0 aliphatic heterocycles. The van der Waals surface area contributed by atoms with Crippen molar-refractivity contribution in [2.45, 2.75) is 39.5 Å². The van der Waals surface area contributed by atoms with Crippen LogP contribution in [0.1, 0.15) is 39.5 Å². The number of nitrogen functional groups attached to an aromatic ring is 1. The SMILES string of the molecule is CCCCC(CC)COc1cncc(N)n1. The van der Waals surface area contributed by atoms with Gasteiger partial charge < -0.3 is 10.5 Å². The molecule has 0 aromatic carbocycles. The number of unbranched alkanes of at least 4 members (excludes halogenated alkanes) is 1. The van der Waals surface area contributed by atoms with Crippen LogP contribution in [0.25, 0.3) is 0 Å². The summed E-state index contributed by atoms with van der Waals surface area (Å²) in [7, 11) is 0. The Morgan fingerprint density at radius 3 is 2.81 bits per heavy atom. The number of aromatic nitrogens is 2. The molecule has 0 aliphatic rings. The van der Waals surface area contributed by atoms with Gasteiger partial charge in [-0.05, 0) is 12.3 Å². The highest BCUT2D eigenvalue weighted by atomic mass is 16.5. The van der Waals surface area contributed by atoms with Gasteiger partial charge in [0.1, 0.15) is 5.82 Å². The van der Waals surface area contributed by atoms with E-state index in [2.05, 4.69) is 23.8 Å². The molecule has 0 radical (unpaired) electrons. The van der Waals surface area contributed by atoms with E-state index in [-0.39, 0.29) is 0 Å². The average Bonchev–Trinajstić information content (AvgIpc) is 2.29. The molecule has 1 aromatic rings. The minimum absolute atomic E-state index is 0.402. The molecule has 4 nitrogen and oxygen atoms in total. The molecule has 0 saturated carbocycles. The molecular weight excluding hydrogens is 202 g/mol. The molecule has 0 bridgehead atoms. The molecule has 0 amide bonds. The number of hydrogen-bond acceptors (Lipinski definition) is 4. The molecule has 1 atom stereocenters. The van der Waals surface area contributed by atoms with Gasteiger partial charge in [0.25, 0.3) is 0 Å². The molecule has 1 rings (SSSR count). The standard InChI is InChI=1S/C12H21N3O/c1-3-5-6-10(4-2)9-16-12-8-14-7-11(13)15-12/h7-8,10H,3-6,9H2,1-2H3,(H2,13,15). The van der Waals surface area contributed by atoms with Gasteiger partial charge in [0.05, 0.1) is 19.0 Å². The van der Waals surface area contributed by atoms with Gasteiger partial charge in [-0.2, -0.15) is 4.98 Å². The molecule has 1 unspecified atom stereocenters. The van der Waals surface area contributed by atoms with Crippen molar-refractivity contribution in [3.8, 4) is 5.88 Å². The van der Waals surface area contributed by atoms with Crippen molar-refractivity contribution in [3.05, 3.63) is 12.4 Å². The molecule has 4 heteroatoms. The van der Waals surface area contributed by atoms with Gasteiger partial charge in [0.2, 0.25) is 5.88 Å². The first kappa shape index (κ1) is 12.7. The predicted octanol–water partition coefficient (Wildman–Crippen LogP) is 2.65. The molecular formula is C12H21N3O. The molecule has 0 spiro atoms. The highest BCUT2D eigenvalue weighted by Gasteiger charge is 2.07. The molecule has 1 aromatic heterocycles. The normalized spacial score (nSPS) is 12.4. The Kier molecular flexibility index (Phi) is 5.61. The number of nitrogens with two attached hydrogens (primary N) is 1. The van der Waals surface area contributed by atoms with Gasteiger partial charge >= 0.3 is 0 Å². The number of rotatable bonds is 7. The maximum atomic E-state index is 5.58. The van der Waals surface area contributed by atoms with Crippen LogP contribution in [0.5, 0.6) is 5.88 Å². The summed E-state index contributed by atoms with van der Waals surface area (Å²) in [5, 5.41) is 0. The van der Waals surface area contributed by atoms with Crippen molar-refractivity contribution in [2.75, 3.05) is 12.3 Å². The smallest absolute Gasteiger partial charge is 0.234 e. The second-order valence-electron chi connectivity index (χ2n) is 4.01. The zero-order valence-electron chi connectivity index (χ0n) is 10.1. The van der Waals surface area contributed by atoms with Crippen LogP contribution in [0.15, 0.2) is 12.4 Å². The Labute approximate surface area is 97.2 Å². The fraction of sp³-hybridized carbons (Fsp3) is 0.667. The summed E-state index contributed by atoms with van der Waals surface area (Å²) in [6.45, 7) is 5.10. The van der Waals surface area contributed by atoms with E-state index in [1.54, 1.807) is 6.20 Å². The highest BCUT2D eigenvalue weighted by molar-refractivity contribution is 5.25. The maximum absolute atomic E-state index is 5.58. The van der Waals surface area contributed by atoms with E-state index in [0.29, 0.717) is 24.2 Å². The van der Waals surface area contributed by atoms with E-state index in [1.807, 2.05) is 0 Å². The van der Waals surface area contributed by atoms with Crippen LogP contribution >= 0.6 is 0 Å². The lowest BCUT2D eigenvalue weighted by molar-refractivity contribution is 0.225. The second kappa shape index (κ2) is 7.04. The Morgan fingerprint density at radius 1 is 1.38 bits per heavy atom. The topological polar surface area (TPSA) is 61.0 Å². The molecule has 0 saturated heterocycles. The third kappa shape index (κ3) is 4.47. The largest absolute Gasteiger partial charge is 0.476 e. The van der Waals surface area contributed by atoms with Crippen LogP contribution in [0.4, 0.5) is 5.82 Å². The number of anilines is 1. The van der Waals surface area contributed by atoms with Gasteiger partial charge in [-0.25, -0.2) is 0 Å². The van der Waals surface area contributed by atoms with Crippen LogP contribution in [0, 0.1) is 5.92 Å². The molecule has 1 heterocycles. The Balaban J connectivity index is 2.37. The Hall–Kier alpha value is -1.32. The van der Waals surface area contributed by atoms with Crippen molar-refractivity contribution in [2.24, 2.45) is 5.92 Å². The molecule has 90 valence electrons. The maximum Gasteiger partial charge on any atom is 0.234 e. The predicted molar refractivity (Wildman–Crippen MR) is 65.2 cm³/mol. The average molecular weight is 223 g/mol. The second-order valence-corrected chi connectivity index (χ2v) is 4.01. The monoisotopic (exact) mass is 223 g/mol. The summed E-state index contributed by atoms with van der Waals surface area (Å²) in [6, 6.07) is 0. The first-order chi connectivity index (χ1) is 7.76. The minimum Gasteiger partial charge on any atom is -0.476 e. The summed E-state index contributed by atoms with van der Waals surface area (Å²) in [5.74, 6) is 1.53. The van der Waals surface area contributed by atoms with E-state index in [9.17, 15) is 0 Å². The van der Waals surface area contributed by atoms with Crippen molar-refractivity contribution in [1.82, 2.24) is 9.97 Å². The van der Waals surface area contributed by atoms with E-state index in [0.717, 1.165) is 6.42 Å². The summed E-state index contributed by atoms with van der Waals surface area (Å²) in [6.07, 6.45) is 7.95. The lowest BCUT2D eigenvalue weighted by Crippen LogP contribution is -2.12. The summed E-state index contributed by atoms with van der Waals surface area (Å²) < 4.78 is 5.58. The van der Waals surface area contributed by atoms with Crippen LogP contribution < -0.4 is 10.5 Å². The fourth-order valence-corrected chi connectivity index (χ4v) is 1.53. The summed E-state index contributed by atoms with van der Waals surface area (Å²) >= 11 is 0. The first-order valence-electron chi connectivity index (χ1n) is 5.96. The van der Waals surface area contributed by atoms with Crippen molar-refractivity contribution in [3.63, 3.8) is 0 Å². The van der Waals surface area contributed by atoms with Crippen LogP contribution in [-0.4, -0.2) is 16.6 Å². The number of ether oxygens (including phenoxy) is 1. The minimum atomic E-state index is 0.402. The van der Waals surface area contributed by atoms with Gasteiger partial charge in [-0.15, -0.1) is 0 Å². The van der Waals surface area contributed by atoms with Crippen LogP contribution in [0.3, 0.4) is 0 Å². The van der Waals surface area contributed by atoms with Gasteiger partial charge in [0.15, 0.2) is 0 Å². The number of hydrogen-bond donors (Lipinski definition) is 1. The lowest BCUT2D eigenvalue weighted by Gasteiger charge is -2.14. The quantitative estimate of drug-likeness (QED) is 0.772. The Bertz CT molecular complexity index is 304. The lowest BCUT2D eigenvalue weighted by atomic mass is 10.0. The Morgan fingerprint density at radius 2 is 2.19 bits per heavy atom. The van der Waals surface area contributed by atoms with E-state index >= 15 is 0 Å². The van der Waals surface area contributed by atoms with E-state index in [1.165, 1.54) is 25.5 Å². The van der Waals surface area contributed by atoms with Gasteiger partial charge in [-0.1, -0.05) is 33.1 Å². The van der Waals surface area contributed by atoms with E-state index in [4.69, 9.17) is 10.5 Å². The summed E-state index contributed by atoms with van der Waals surface area (Å²) in [4.78, 5) is 7.99. The zero-order chi connectivity index (χ0) is 11.8. The van der Waals surface area contributed by atoms with Crippen LogP contribution in [-0.2, 0) is 0 Å². The molecule has 2 N–H and O–H groups in total. The van der Waals surface area contributed by atoms with Crippen molar-refractivity contribution < 1.29 is 4.74 Å². The van der Waals surface area contributed by atoms with Gasteiger partial charge in [-0.3, -0.25) is 4.98 Å². The van der Waals surface area contributed by atoms with Crippen molar-refractivity contribution in [1.29, 1.82) is 0 Å². The molecule has 16 heavy (non-hydrogen) atoms.